The molecule has 0 atom stereocenters. The first kappa shape index (κ1) is 17.2. The molecule has 1 N–H and O–H groups in total. The smallest absolute Gasteiger partial charge is 0.288 e. The van der Waals surface area contributed by atoms with Crippen molar-refractivity contribution >= 4 is 46.3 Å². The molecule has 0 unspecified atom stereocenters. The van der Waals surface area contributed by atoms with Gasteiger partial charge in [-0.15, -0.1) is 0 Å². The van der Waals surface area contributed by atoms with Gasteiger partial charge in [0.15, 0.2) is 0 Å². The first-order chi connectivity index (χ1) is 12.0. The molecule has 1 aromatic carbocycles. The fourth-order valence-corrected chi connectivity index (χ4v) is 3.36. The lowest BCUT2D eigenvalue weighted by Gasteiger charge is -2.15. The maximum Gasteiger partial charge on any atom is 0.288 e. The van der Waals surface area contributed by atoms with Crippen LogP contribution in [0.5, 0.6) is 0 Å². The fourth-order valence-electron chi connectivity index (χ4n) is 2.61. The Kier molecular flexibility index (Phi) is 4.84. The summed E-state index contributed by atoms with van der Waals surface area (Å²) < 4.78 is 0. The second-order valence-corrected chi connectivity index (χ2v) is 6.45. The van der Waals surface area contributed by atoms with Gasteiger partial charge in [0.1, 0.15) is 0 Å². The van der Waals surface area contributed by atoms with Gasteiger partial charge < -0.3 is 5.32 Å². The Morgan fingerprint density at radius 2 is 1.64 bits per heavy atom. The molecule has 0 bridgehead atoms. The largest absolute Gasteiger partial charge is 0.350 e. The molecule has 0 aromatic heterocycles. The van der Waals surface area contributed by atoms with Crippen LogP contribution in [0.1, 0.15) is 23.2 Å². The summed E-state index contributed by atoms with van der Waals surface area (Å²) in [6.07, 6.45) is 0.403. The molecule has 2 aliphatic heterocycles. The van der Waals surface area contributed by atoms with Crippen LogP contribution in [0.15, 0.2) is 24.3 Å². The number of nitrogens with one attached hydrogen (secondary N) is 1. The highest BCUT2D eigenvalue weighted by Crippen LogP contribution is 2.22. The van der Waals surface area contributed by atoms with Gasteiger partial charge in [-0.05, 0) is 24.3 Å². The summed E-state index contributed by atoms with van der Waals surface area (Å²) in [5, 5.41) is 2.33. The van der Waals surface area contributed by atoms with E-state index in [9.17, 15) is 24.0 Å². The number of anilines is 1. The molecule has 5 amide bonds. The van der Waals surface area contributed by atoms with E-state index in [1.807, 2.05) is 0 Å². The zero-order chi connectivity index (χ0) is 18.0. The molecule has 130 valence electrons. The minimum Gasteiger partial charge on any atom is -0.350 e. The molecular formula is C16H15N3O5S. The summed E-state index contributed by atoms with van der Waals surface area (Å²) in [4.78, 5) is 60.6. The Balaban J connectivity index is 1.56. The van der Waals surface area contributed by atoms with Crippen LogP contribution in [-0.4, -0.2) is 52.6 Å². The molecule has 0 saturated carbocycles. The minimum atomic E-state index is -0.364. The molecule has 25 heavy (non-hydrogen) atoms. The average molecular weight is 361 g/mol. The predicted octanol–water partition coefficient (Wildman–Crippen LogP) is 0.765. The van der Waals surface area contributed by atoms with E-state index in [0.29, 0.717) is 11.3 Å². The summed E-state index contributed by atoms with van der Waals surface area (Å²) in [6.45, 7) is 0.285. The molecule has 9 heteroatoms. The van der Waals surface area contributed by atoms with Crippen LogP contribution >= 0.6 is 11.8 Å². The van der Waals surface area contributed by atoms with E-state index < -0.39 is 0 Å². The number of rotatable bonds is 5. The topological polar surface area (TPSA) is 104 Å². The molecule has 1 aromatic rings. The zero-order valence-electron chi connectivity index (χ0n) is 13.2. The van der Waals surface area contributed by atoms with Gasteiger partial charge in [0, 0.05) is 31.5 Å². The van der Waals surface area contributed by atoms with E-state index in [1.54, 1.807) is 12.1 Å². The second kappa shape index (κ2) is 7.06. The highest BCUT2D eigenvalue weighted by molar-refractivity contribution is 8.14. The fraction of sp³-hybridized carbons (Fsp3) is 0.312. The third-order valence-corrected chi connectivity index (χ3v) is 4.76. The number of nitrogens with zero attached hydrogens (tertiary/aromatic N) is 2. The van der Waals surface area contributed by atoms with Crippen molar-refractivity contribution in [3.05, 3.63) is 29.8 Å². The number of benzene rings is 1. The Bertz CT molecular complexity index is 730. The van der Waals surface area contributed by atoms with Crippen molar-refractivity contribution < 1.29 is 24.0 Å². The zero-order valence-corrected chi connectivity index (χ0v) is 14.0. The van der Waals surface area contributed by atoms with E-state index in [0.717, 1.165) is 21.6 Å². The van der Waals surface area contributed by atoms with Crippen LogP contribution in [0, 0.1) is 0 Å². The standard InChI is InChI=1S/C16H15N3O5S/c20-12-5-6-13(21)19(12)11-3-1-10(2-4-11)15(23)17-7-8-18-14(22)9-25-16(18)24/h1-4H,5-9H2,(H,17,23). The number of amides is 5. The Labute approximate surface area is 147 Å². The molecule has 2 heterocycles. The number of thioether (sulfide) groups is 1. The van der Waals surface area contributed by atoms with Crippen LogP contribution in [0.4, 0.5) is 10.5 Å². The third-order valence-electron chi connectivity index (χ3n) is 3.90. The van der Waals surface area contributed by atoms with Crippen molar-refractivity contribution in [1.82, 2.24) is 10.2 Å². The molecule has 3 rings (SSSR count). The lowest BCUT2D eigenvalue weighted by Crippen LogP contribution is -2.37. The second-order valence-electron chi connectivity index (χ2n) is 5.53. The highest BCUT2D eigenvalue weighted by atomic mass is 32.2. The van der Waals surface area contributed by atoms with Gasteiger partial charge in [-0.1, -0.05) is 11.8 Å². The summed E-state index contributed by atoms with van der Waals surface area (Å²) >= 11 is 0.948. The molecule has 8 nitrogen and oxygen atoms in total. The van der Waals surface area contributed by atoms with Crippen LogP contribution in [-0.2, 0) is 14.4 Å². The normalized spacial score (nSPS) is 17.6. The average Bonchev–Trinajstić information content (AvgIpc) is 3.10. The monoisotopic (exact) mass is 361 g/mol. The Morgan fingerprint density at radius 1 is 1.00 bits per heavy atom. The van der Waals surface area contributed by atoms with Gasteiger partial charge in [0.05, 0.1) is 11.4 Å². The number of hydrogen-bond acceptors (Lipinski definition) is 6. The van der Waals surface area contributed by atoms with Gasteiger partial charge >= 0.3 is 0 Å². The van der Waals surface area contributed by atoms with Gasteiger partial charge in [0.25, 0.3) is 11.1 Å². The van der Waals surface area contributed by atoms with Gasteiger partial charge in [-0.3, -0.25) is 33.8 Å². The lowest BCUT2D eigenvalue weighted by molar-refractivity contribution is -0.124. The van der Waals surface area contributed by atoms with Crippen molar-refractivity contribution in [3.8, 4) is 0 Å². The maximum atomic E-state index is 12.1. The predicted molar refractivity (Wildman–Crippen MR) is 90.1 cm³/mol. The summed E-state index contributed by atoms with van der Waals surface area (Å²) in [7, 11) is 0. The quantitative estimate of drug-likeness (QED) is 0.777. The Hall–Kier alpha value is -2.68. The van der Waals surface area contributed by atoms with E-state index in [1.165, 1.54) is 12.1 Å². The van der Waals surface area contributed by atoms with Crippen molar-refractivity contribution in [3.63, 3.8) is 0 Å². The van der Waals surface area contributed by atoms with Crippen LogP contribution < -0.4 is 10.2 Å². The Morgan fingerprint density at radius 3 is 2.20 bits per heavy atom. The number of carbonyl (C=O) groups excluding carboxylic acids is 5. The number of hydrogen-bond donors (Lipinski definition) is 1. The number of carbonyl (C=O) groups is 5. The first-order valence-corrected chi connectivity index (χ1v) is 8.67. The van der Waals surface area contributed by atoms with E-state index in [2.05, 4.69) is 5.32 Å². The van der Waals surface area contributed by atoms with E-state index in [4.69, 9.17) is 0 Å². The minimum absolute atomic E-state index is 0.130. The third kappa shape index (κ3) is 3.55. The number of imide groups is 2. The van der Waals surface area contributed by atoms with Crippen molar-refractivity contribution in [2.75, 3.05) is 23.7 Å². The van der Waals surface area contributed by atoms with E-state index in [-0.39, 0.29) is 60.6 Å². The van der Waals surface area contributed by atoms with Crippen molar-refractivity contribution in [1.29, 1.82) is 0 Å². The molecule has 2 aliphatic rings. The van der Waals surface area contributed by atoms with Crippen LogP contribution in [0.2, 0.25) is 0 Å². The van der Waals surface area contributed by atoms with Gasteiger partial charge in [0.2, 0.25) is 17.7 Å². The molecule has 0 aliphatic carbocycles. The molecular weight excluding hydrogens is 346 g/mol. The van der Waals surface area contributed by atoms with Crippen molar-refractivity contribution in [2.45, 2.75) is 12.8 Å². The SMILES string of the molecule is O=C(NCCN1C(=O)CSC1=O)c1ccc(N2C(=O)CCC2=O)cc1. The summed E-state index contributed by atoms with van der Waals surface area (Å²) in [5.74, 6) is -0.978. The molecule has 2 fully saturated rings. The molecule has 0 spiro atoms. The molecule has 0 radical (unpaired) electrons. The van der Waals surface area contributed by atoms with Gasteiger partial charge in [-0.2, -0.15) is 0 Å². The lowest BCUT2D eigenvalue weighted by atomic mass is 10.2. The first-order valence-electron chi connectivity index (χ1n) is 7.68. The maximum absolute atomic E-state index is 12.1. The van der Waals surface area contributed by atoms with Gasteiger partial charge in [-0.25, -0.2) is 0 Å². The van der Waals surface area contributed by atoms with Crippen LogP contribution in [0.25, 0.3) is 0 Å². The molecule has 2 saturated heterocycles. The van der Waals surface area contributed by atoms with Crippen LogP contribution in [0.3, 0.4) is 0 Å². The summed E-state index contributed by atoms with van der Waals surface area (Å²) in [6, 6.07) is 6.12. The van der Waals surface area contributed by atoms with E-state index >= 15 is 0 Å². The summed E-state index contributed by atoms with van der Waals surface area (Å²) in [5.41, 5.74) is 0.797. The highest BCUT2D eigenvalue weighted by Gasteiger charge is 2.30. The van der Waals surface area contributed by atoms with Crippen molar-refractivity contribution in [2.24, 2.45) is 0 Å².